The molecule has 2 N–H and O–H groups in total. The number of nitrogens with zero attached hydrogens (tertiary/aromatic N) is 1. The summed E-state index contributed by atoms with van der Waals surface area (Å²) in [6.45, 7) is 2.99. The smallest absolute Gasteiger partial charge is 0.244 e. The lowest BCUT2D eigenvalue weighted by molar-refractivity contribution is -0.133. The molecule has 1 aliphatic carbocycles. The molecule has 3 nitrogen and oxygen atoms in total. The number of amides is 1. The molecule has 1 atom stereocenters. The number of nitrogens with two attached hydrogens (primary N) is 1. The number of hydrogen-bond acceptors (Lipinski definition) is 2. The SMILES string of the molecule is CCCCN(C(=O)[C@H](N)c1ccccc1)C1CC1. The molecule has 0 saturated heterocycles. The largest absolute Gasteiger partial charge is 0.338 e. The van der Waals surface area contributed by atoms with Crippen LogP contribution in [0.15, 0.2) is 30.3 Å². The quantitative estimate of drug-likeness (QED) is 0.838. The molecular weight excluding hydrogens is 224 g/mol. The van der Waals surface area contributed by atoms with Crippen LogP contribution >= 0.6 is 0 Å². The summed E-state index contributed by atoms with van der Waals surface area (Å²) in [5.41, 5.74) is 6.99. The topological polar surface area (TPSA) is 46.3 Å². The lowest BCUT2D eigenvalue weighted by Crippen LogP contribution is -2.40. The summed E-state index contributed by atoms with van der Waals surface area (Å²) < 4.78 is 0. The van der Waals surface area contributed by atoms with Gasteiger partial charge in [-0.2, -0.15) is 0 Å². The molecule has 1 fully saturated rings. The number of rotatable bonds is 6. The van der Waals surface area contributed by atoms with Crippen molar-refractivity contribution in [3.05, 3.63) is 35.9 Å². The zero-order valence-corrected chi connectivity index (χ0v) is 11.0. The van der Waals surface area contributed by atoms with Crippen LogP contribution in [0.1, 0.15) is 44.2 Å². The van der Waals surface area contributed by atoms with E-state index in [9.17, 15) is 4.79 Å². The monoisotopic (exact) mass is 246 g/mol. The van der Waals surface area contributed by atoms with E-state index in [1.165, 1.54) is 0 Å². The van der Waals surface area contributed by atoms with E-state index in [1.807, 2.05) is 35.2 Å². The molecule has 98 valence electrons. The molecule has 1 saturated carbocycles. The maximum atomic E-state index is 12.4. The van der Waals surface area contributed by atoms with Gasteiger partial charge in [0.2, 0.25) is 5.91 Å². The van der Waals surface area contributed by atoms with Crippen molar-refractivity contribution < 1.29 is 4.79 Å². The summed E-state index contributed by atoms with van der Waals surface area (Å²) in [7, 11) is 0. The zero-order chi connectivity index (χ0) is 13.0. The van der Waals surface area contributed by atoms with Gasteiger partial charge in [-0.1, -0.05) is 43.7 Å². The van der Waals surface area contributed by atoms with Gasteiger partial charge in [0.1, 0.15) is 6.04 Å². The molecule has 0 spiro atoms. The Labute approximate surface area is 109 Å². The molecule has 1 amide bonds. The second-order valence-electron chi connectivity index (χ2n) is 5.00. The molecule has 3 heteroatoms. The van der Waals surface area contributed by atoms with Crippen LogP contribution in [0.4, 0.5) is 0 Å². The Balaban J connectivity index is 2.03. The Kier molecular flexibility index (Phi) is 4.37. The van der Waals surface area contributed by atoms with E-state index in [0.29, 0.717) is 6.04 Å². The minimum atomic E-state index is -0.511. The van der Waals surface area contributed by atoms with Gasteiger partial charge in [0.05, 0.1) is 0 Å². The molecule has 2 rings (SSSR count). The van der Waals surface area contributed by atoms with Gasteiger partial charge in [0.25, 0.3) is 0 Å². The first-order valence-corrected chi connectivity index (χ1v) is 6.85. The number of hydrogen-bond donors (Lipinski definition) is 1. The van der Waals surface area contributed by atoms with Crippen LogP contribution in [0.25, 0.3) is 0 Å². The minimum Gasteiger partial charge on any atom is -0.338 e. The average Bonchev–Trinajstić information content (AvgIpc) is 3.24. The average molecular weight is 246 g/mol. The van der Waals surface area contributed by atoms with Gasteiger partial charge >= 0.3 is 0 Å². The number of carbonyl (C=O) groups is 1. The van der Waals surface area contributed by atoms with Gasteiger partial charge in [-0.25, -0.2) is 0 Å². The standard InChI is InChI=1S/C15H22N2O/c1-2-3-11-17(13-9-10-13)15(18)14(16)12-7-5-4-6-8-12/h4-8,13-14H,2-3,9-11,16H2,1H3/t14-/m1/s1. The lowest BCUT2D eigenvalue weighted by atomic mass is 10.1. The fourth-order valence-electron chi connectivity index (χ4n) is 2.17. The molecule has 18 heavy (non-hydrogen) atoms. The molecular formula is C15H22N2O. The van der Waals surface area contributed by atoms with Crippen molar-refractivity contribution in [2.24, 2.45) is 5.73 Å². The van der Waals surface area contributed by atoms with Crippen LogP contribution in [0.3, 0.4) is 0 Å². The predicted molar refractivity (Wildman–Crippen MR) is 73.0 cm³/mol. The summed E-state index contributed by atoms with van der Waals surface area (Å²) >= 11 is 0. The summed E-state index contributed by atoms with van der Waals surface area (Å²) in [6, 6.07) is 9.58. The molecule has 1 aromatic carbocycles. The van der Waals surface area contributed by atoms with E-state index in [0.717, 1.165) is 37.8 Å². The van der Waals surface area contributed by atoms with Gasteiger partial charge in [-0.3, -0.25) is 4.79 Å². The maximum Gasteiger partial charge on any atom is 0.244 e. The number of benzene rings is 1. The Morgan fingerprint density at radius 1 is 1.39 bits per heavy atom. The van der Waals surface area contributed by atoms with Gasteiger partial charge in [-0.05, 0) is 24.8 Å². The van der Waals surface area contributed by atoms with Crippen molar-refractivity contribution in [1.29, 1.82) is 0 Å². The van der Waals surface area contributed by atoms with E-state index >= 15 is 0 Å². The van der Waals surface area contributed by atoms with Gasteiger partial charge in [0.15, 0.2) is 0 Å². The van der Waals surface area contributed by atoms with Crippen LogP contribution in [0.5, 0.6) is 0 Å². The highest BCUT2D eigenvalue weighted by Crippen LogP contribution is 2.29. The highest BCUT2D eigenvalue weighted by molar-refractivity contribution is 5.83. The first-order valence-electron chi connectivity index (χ1n) is 6.85. The summed E-state index contributed by atoms with van der Waals surface area (Å²) in [5, 5.41) is 0. The van der Waals surface area contributed by atoms with Gasteiger partial charge in [-0.15, -0.1) is 0 Å². The summed E-state index contributed by atoms with van der Waals surface area (Å²) in [4.78, 5) is 14.4. The highest BCUT2D eigenvalue weighted by atomic mass is 16.2. The fourth-order valence-corrected chi connectivity index (χ4v) is 2.17. The Morgan fingerprint density at radius 2 is 2.06 bits per heavy atom. The fraction of sp³-hybridized carbons (Fsp3) is 0.533. The second-order valence-corrected chi connectivity index (χ2v) is 5.00. The normalized spacial score (nSPS) is 16.3. The Hall–Kier alpha value is -1.35. The Morgan fingerprint density at radius 3 is 2.61 bits per heavy atom. The van der Waals surface area contributed by atoms with Crippen molar-refractivity contribution in [1.82, 2.24) is 4.90 Å². The molecule has 0 aromatic heterocycles. The van der Waals surface area contributed by atoms with Gasteiger partial charge < -0.3 is 10.6 Å². The lowest BCUT2D eigenvalue weighted by Gasteiger charge is -2.25. The molecule has 0 aliphatic heterocycles. The zero-order valence-electron chi connectivity index (χ0n) is 11.0. The first-order chi connectivity index (χ1) is 8.74. The first kappa shape index (κ1) is 13.1. The predicted octanol–water partition coefficient (Wildman–Crippen LogP) is 2.48. The van der Waals surface area contributed by atoms with E-state index in [1.54, 1.807) is 0 Å². The third-order valence-corrected chi connectivity index (χ3v) is 3.45. The van der Waals surface area contributed by atoms with E-state index < -0.39 is 6.04 Å². The van der Waals surface area contributed by atoms with Gasteiger partial charge in [0, 0.05) is 12.6 Å². The highest BCUT2D eigenvalue weighted by Gasteiger charge is 2.34. The number of unbranched alkanes of at least 4 members (excludes halogenated alkanes) is 1. The van der Waals surface area contributed by atoms with Crippen LogP contribution in [-0.2, 0) is 4.79 Å². The molecule has 0 radical (unpaired) electrons. The van der Waals surface area contributed by atoms with Crippen LogP contribution < -0.4 is 5.73 Å². The third-order valence-electron chi connectivity index (χ3n) is 3.45. The molecule has 1 aliphatic rings. The van der Waals surface area contributed by atoms with Crippen LogP contribution in [-0.4, -0.2) is 23.4 Å². The van der Waals surface area contributed by atoms with E-state index in [-0.39, 0.29) is 5.91 Å². The van der Waals surface area contributed by atoms with Crippen molar-refractivity contribution >= 4 is 5.91 Å². The molecule has 0 unspecified atom stereocenters. The maximum absolute atomic E-state index is 12.4. The van der Waals surface area contributed by atoms with Crippen molar-refractivity contribution in [3.8, 4) is 0 Å². The third kappa shape index (κ3) is 3.10. The molecule has 0 bridgehead atoms. The summed E-state index contributed by atoms with van der Waals surface area (Å²) in [5.74, 6) is 0.0807. The van der Waals surface area contributed by atoms with Crippen molar-refractivity contribution in [2.75, 3.05) is 6.54 Å². The van der Waals surface area contributed by atoms with Crippen molar-refractivity contribution in [2.45, 2.75) is 44.7 Å². The van der Waals surface area contributed by atoms with E-state index in [4.69, 9.17) is 5.73 Å². The number of carbonyl (C=O) groups excluding carboxylic acids is 1. The second kappa shape index (κ2) is 6.01. The molecule has 0 heterocycles. The molecule has 1 aromatic rings. The van der Waals surface area contributed by atoms with Crippen LogP contribution in [0.2, 0.25) is 0 Å². The van der Waals surface area contributed by atoms with E-state index in [2.05, 4.69) is 6.92 Å². The Bertz CT molecular complexity index is 387. The van der Waals surface area contributed by atoms with Crippen molar-refractivity contribution in [3.63, 3.8) is 0 Å². The van der Waals surface area contributed by atoms with Crippen LogP contribution in [0, 0.1) is 0 Å². The summed E-state index contributed by atoms with van der Waals surface area (Å²) in [6.07, 6.45) is 4.44. The minimum absolute atomic E-state index is 0.0807.